The van der Waals surface area contributed by atoms with E-state index in [0.717, 1.165) is 24.0 Å². The third kappa shape index (κ3) is 2.02. The first-order valence-corrected chi connectivity index (χ1v) is 6.87. The average Bonchev–Trinajstić information content (AvgIpc) is 2.86. The lowest BCUT2D eigenvalue weighted by Gasteiger charge is -2.13. The molecule has 1 nitrogen and oxygen atoms in total. The molecular formula is C17H17F2N. The second kappa shape index (κ2) is 4.98. The van der Waals surface area contributed by atoms with Gasteiger partial charge in [0.2, 0.25) is 0 Å². The lowest BCUT2D eigenvalue weighted by atomic mass is 9.95. The van der Waals surface area contributed by atoms with Crippen molar-refractivity contribution in [1.82, 2.24) is 5.32 Å². The number of nitrogens with one attached hydrogen (secondary N) is 1. The molecule has 0 spiro atoms. The summed E-state index contributed by atoms with van der Waals surface area (Å²) in [6.45, 7) is 1.58. The molecule has 20 heavy (non-hydrogen) atoms. The van der Waals surface area contributed by atoms with E-state index < -0.39 is 0 Å². The molecule has 2 aromatic rings. The maximum absolute atomic E-state index is 14.2. The number of hydrogen-bond donors (Lipinski definition) is 1. The van der Waals surface area contributed by atoms with Crippen molar-refractivity contribution in [3.8, 4) is 11.1 Å². The zero-order chi connectivity index (χ0) is 14.3. The normalized spacial score (nSPS) is 17.3. The molecule has 0 saturated heterocycles. The summed E-state index contributed by atoms with van der Waals surface area (Å²) in [5.41, 5.74) is 3.85. The first-order valence-electron chi connectivity index (χ1n) is 6.87. The largest absolute Gasteiger partial charge is 0.313 e. The Kier molecular flexibility index (Phi) is 3.30. The van der Waals surface area contributed by atoms with Crippen LogP contribution >= 0.6 is 0 Å². The quantitative estimate of drug-likeness (QED) is 0.867. The number of fused-ring (bicyclic) bond motifs is 1. The first kappa shape index (κ1) is 13.3. The second-order valence-electron chi connectivity index (χ2n) is 5.33. The van der Waals surface area contributed by atoms with Crippen LogP contribution in [0.1, 0.15) is 29.2 Å². The van der Waals surface area contributed by atoms with Crippen LogP contribution in [0.3, 0.4) is 0 Å². The standard InChI is InChI=1S/C17H17F2N/c1-10-8-16(19)14(9-15(10)18)11-4-3-5-13-12(11)6-7-17(13)20-2/h3-5,8-9,17,20H,6-7H2,1-2H3. The second-order valence-corrected chi connectivity index (χ2v) is 5.33. The van der Waals surface area contributed by atoms with Crippen molar-refractivity contribution in [3.63, 3.8) is 0 Å². The highest BCUT2D eigenvalue weighted by Gasteiger charge is 2.24. The maximum atomic E-state index is 14.2. The fourth-order valence-corrected chi connectivity index (χ4v) is 3.06. The molecule has 0 saturated carbocycles. The Morgan fingerprint density at radius 2 is 1.90 bits per heavy atom. The van der Waals surface area contributed by atoms with E-state index in [4.69, 9.17) is 0 Å². The molecule has 1 N–H and O–H groups in total. The van der Waals surface area contributed by atoms with E-state index in [0.29, 0.717) is 17.2 Å². The number of aryl methyl sites for hydroxylation is 1. The summed E-state index contributed by atoms with van der Waals surface area (Å²) >= 11 is 0. The van der Waals surface area contributed by atoms with E-state index in [2.05, 4.69) is 11.4 Å². The molecule has 3 rings (SSSR count). The summed E-state index contributed by atoms with van der Waals surface area (Å²) in [5.74, 6) is -0.715. The predicted octanol–water partition coefficient (Wildman–Crippen LogP) is 4.15. The van der Waals surface area contributed by atoms with Crippen molar-refractivity contribution >= 4 is 0 Å². The first-order chi connectivity index (χ1) is 9.61. The summed E-state index contributed by atoms with van der Waals surface area (Å²) in [5, 5.41) is 3.27. The summed E-state index contributed by atoms with van der Waals surface area (Å²) in [4.78, 5) is 0. The zero-order valence-electron chi connectivity index (χ0n) is 11.6. The van der Waals surface area contributed by atoms with Crippen molar-refractivity contribution < 1.29 is 8.78 Å². The number of rotatable bonds is 2. The van der Waals surface area contributed by atoms with Crippen LogP contribution in [0, 0.1) is 18.6 Å². The minimum absolute atomic E-state index is 0.309. The third-order valence-corrected chi connectivity index (χ3v) is 4.16. The molecule has 1 aliphatic carbocycles. The van der Waals surface area contributed by atoms with Gasteiger partial charge in [-0.2, -0.15) is 0 Å². The van der Waals surface area contributed by atoms with Gasteiger partial charge in [0.05, 0.1) is 0 Å². The average molecular weight is 273 g/mol. The van der Waals surface area contributed by atoms with Crippen LogP contribution < -0.4 is 5.32 Å². The van der Waals surface area contributed by atoms with E-state index >= 15 is 0 Å². The summed E-state index contributed by atoms with van der Waals surface area (Å²) in [6, 6.07) is 8.76. The van der Waals surface area contributed by atoms with Gasteiger partial charge in [0.25, 0.3) is 0 Å². The van der Waals surface area contributed by atoms with Gasteiger partial charge in [-0.25, -0.2) is 8.78 Å². The molecular weight excluding hydrogens is 256 g/mol. The van der Waals surface area contributed by atoms with Crippen molar-refractivity contribution in [2.45, 2.75) is 25.8 Å². The summed E-state index contributed by atoms with van der Waals surface area (Å²) in [7, 11) is 1.93. The molecule has 0 radical (unpaired) electrons. The molecule has 1 unspecified atom stereocenters. The van der Waals surface area contributed by atoms with Crippen LogP contribution in [0.15, 0.2) is 30.3 Å². The molecule has 104 valence electrons. The van der Waals surface area contributed by atoms with Gasteiger partial charge in [-0.15, -0.1) is 0 Å². The monoisotopic (exact) mass is 273 g/mol. The van der Waals surface area contributed by atoms with E-state index in [9.17, 15) is 8.78 Å². The molecule has 2 aromatic carbocycles. The Hall–Kier alpha value is -1.74. The summed E-state index contributed by atoms with van der Waals surface area (Å²) < 4.78 is 27.9. The Labute approximate surface area is 117 Å². The molecule has 3 heteroatoms. The smallest absolute Gasteiger partial charge is 0.131 e. The minimum atomic E-state index is -0.359. The van der Waals surface area contributed by atoms with Crippen LogP contribution in [0.4, 0.5) is 8.78 Å². The topological polar surface area (TPSA) is 12.0 Å². The van der Waals surface area contributed by atoms with Gasteiger partial charge in [-0.1, -0.05) is 18.2 Å². The Morgan fingerprint density at radius 1 is 1.10 bits per heavy atom. The fraction of sp³-hybridized carbons (Fsp3) is 0.294. The van der Waals surface area contributed by atoms with Gasteiger partial charge in [0, 0.05) is 11.6 Å². The van der Waals surface area contributed by atoms with Crippen molar-refractivity contribution in [1.29, 1.82) is 0 Å². The van der Waals surface area contributed by atoms with Gasteiger partial charge < -0.3 is 5.32 Å². The SMILES string of the molecule is CNC1CCc2c(-c3cc(F)c(C)cc3F)cccc21. The van der Waals surface area contributed by atoms with Crippen LogP contribution in [0.25, 0.3) is 11.1 Å². The highest BCUT2D eigenvalue weighted by molar-refractivity contribution is 5.71. The van der Waals surface area contributed by atoms with Crippen molar-refractivity contribution in [2.75, 3.05) is 7.05 Å². The Morgan fingerprint density at radius 3 is 2.65 bits per heavy atom. The van der Waals surface area contributed by atoms with Gasteiger partial charge in [-0.3, -0.25) is 0 Å². The third-order valence-electron chi connectivity index (χ3n) is 4.16. The van der Waals surface area contributed by atoms with Gasteiger partial charge in [0.15, 0.2) is 0 Å². The molecule has 0 fully saturated rings. The van der Waals surface area contributed by atoms with Crippen LogP contribution in [0.5, 0.6) is 0 Å². The molecule has 1 atom stereocenters. The lowest BCUT2D eigenvalue weighted by Crippen LogP contribution is -2.12. The highest BCUT2D eigenvalue weighted by Crippen LogP contribution is 2.38. The van der Waals surface area contributed by atoms with Crippen LogP contribution in [-0.2, 0) is 6.42 Å². The van der Waals surface area contributed by atoms with Crippen LogP contribution in [0.2, 0.25) is 0 Å². The maximum Gasteiger partial charge on any atom is 0.131 e. The highest BCUT2D eigenvalue weighted by atomic mass is 19.1. The fourth-order valence-electron chi connectivity index (χ4n) is 3.06. The van der Waals surface area contributed by atoms with E-state index in [1.54, 1.807) is 6.92 Å². The molecule has 0 bridgehead atoms. The Balaban J connectivity index is 2.17. The van der Waals surface area contributed by atoms with Gasteiger partial charge in [0.1, 0.15) is 11.6 Å². The lowest BCUT2D eigenvalue weighted by molar-refractivity contribution is 0.590. The zero-order valence-corrected chi connectivity index (χ0v) is 11.6. The van der Waals surface area contributed by atoms with E-state index in [1.807, 2.05) is 19.2 Å². The summed E-state index contributed by atoms with van der Waals surface area (Å²) in [6.07, 6.45) is 1.89. The number of hydrogen-bond acceptors (Lipinski definition) is 1. The minimum Gasteiger partial charge on any atom is -0.313 e. The van der Waals surface area contributed by atoms with Gasteiger partial charge >= 0.3 is 0 Å². The predicted molar refractivity (Wildman–Crippen MR) is 76.7 cm³/mol. The van der Waals surface area contributed by atoms with E-state index in [-0.39, 0.29) is 11.6 Å². The number of halogens is 2. The van der Waals surface area contributed by atoms with E-state index in [1.165, 1.54) is 17.7 Å². The molecule has 0 aromatic heterocycles. The molecule has 0 aliphatic heterocycles. The molecule has 1 aliphatic rings. The molecule has 0 amide bonds. The Bertz CT molecular complexity index is 664. The van der Waals surface area contributed by atoms with Gasteiger partial charge in [-0.05, 0) is 61.2 Å². The number of benzene rings is 2. The molecule has 0 heterocycles. The van der Waals surface area contributed by atoms with Crippen LogP contribution in [-0.4, -0.2) is 7.05 Å². The van der Waals surface area contributed by atoms with Crippen molar-refractivity contribution in [3.05, 3.63) is 58.7 Å². The van der Waals surface area contributed by atoms with Crippen molar-refractivity contribution in [2.24, 2.45) is 0 Å².